The van der Waals surface area contributed by atoms with Crippen LogP contribution in [0.4, 0.5) is 0 Å². The number of hydrogen-bond donors (Lipinski definition) is 2. The molecule has 2 rings (SSSR count). The first-order valence-corrected chi connectivity index (χ1v) is 8.65. The van der Waals surface area contributed by atoms with E-state index in [-0.39, 0.29) is 52.6 Å². The Morgan fingerprint density at radius 2 is 1.50 bits per heavy atom. The summed E-state index contributed by atoms with van der Waals surface area (Å²) in [5.41, 5.74) is 1.24. The summed E-state index contributed by atoms with van der Waals surface area (Å²) < 4.78 is 10.4. The number of aryl methyl sites for hydroxylation is 2. The molecule has 1 atom stereocenters. The van der Waals surface area contributed by atoms with E-state index in [0.717, 1.165) is 0 Å². The molecule has 0 heterocycles. The second kappa shape index (κ2) is 7.77. The molecule has 0 aromatic heterocycles. The Morgan fingerprint density at radius 1 is 1.00 bits per heavy atom. The molecule has 0 saturated carbocycles. The molecule has 8 heteroatoms. The normalized spacial score (nSPS) is 12.9. The Labute approximate surface area is 156 Å². The van der Waals surface area contributed by atoms with Gasteiger partial charge in [-0.05, 0) is 37.6 Å². The van der Waals surface area contributed by atoms with Gasteiger partial charge in [-0.3, -0.25) is 0 Å². The topological polar surface area (TPSA) is 82.0 Å². The van der Waals surface area contributed by atoms with Crippen LogP contribution in [0.25, 0.3) is 0 Å². The van der Waals surface area contributed by atoms with Crippen LogP contribution in [0.2, 0.25) is 0 Å². The van der Waals surface area contributed by atoms with E-state index in [2.05, 4.69) is 0 Å². The van der Waals surface area contributed by atoms with Gasteiger partial charge in [0.2, 0.25) is 0 Å². The molecule has 22 heavy (non-hydrogen) atoms. The van der Waals surface area contributed by atoms with Crippen molar-refractivity contribution < 1.29 is 53.7 Å². The van der Waals surface area contributed by atoms with Gasteiger partial charge in [-0.25, -0.2) is 0 Å². The third-order valence-corrected chi connectivity index (χ3v) is 4.11. The van der Waals surface area contributed by atoms with Crippen molar-refractivity contribution in [2.45, 2.75) is 13.8 Å². The van der Waals surface area contributed by atoms with Crippen molar-refractivity contribution in [3.63, 3.8) is 0 Å². The maximum Gasteiger partial charge on any atom is 1.00 e. The van der Waals surface area contributed by atoms with Crippen LogP contribution in [0.5, 0.6) is 23.0 Å². The number of phenols is 1. The molecule has 0 radical (unpaired) electrons. The van der Waals surface area contributed by atoms with Gasteiger partial charge in [-0.1, -0.05) is 17.7 Å². The van der Waals surface area contributed by atoms with Crippen molar-refractivity contribution in [3.8, 4) is 23.0 Å². The van der Waals surface area contributed by atoms with Gasteiger partial charge in [-0.15, -0.1) is 5.75 Å². The molecule has 0 spiro atoms. The van der Waals surface area contributed by atoms with E-state index in [4.69, 9.17) is 21.3 Å². The first-order valence-electron chi connectivity index (χ1n) is 6.06. The summed E-state index contributed by atoms with van der Waals surface area (Å²) in [7, 11) is -3.62. The number of hydrogen-bond acceptors (Lipinski definition) is 6. The van der Waals surface area contributed by atoms with Gasteiger partial charge in [0, 0.05) is 6.07 Å². The summed E-state index contributed by atoms with van der Waals surface area (Å²) in [5.74, 6) is 0.154. The number of rotatable bonds is 4. The zero-order chi connectivity index (χ0) is 15.6. The van der Waals surface area contributed by atoms with Gasteiger partial charge in [0.05, 0.1) is 0 Å². The summed E-state index contributed by atoms with van der Waals surface area (Å²) in [6, 6.07) is 8.87. The van der Waals surface area contributed by atoms with E-state index in [0.29, 0.717) is 11.1 Å². The number of phenolic OH excluding ortho intramolecular Hbond substituents is 1. The molecule has 0 aliphatic rings. The van der Waals surface area contributed by atoms with Crippen molar-refractivity contribution in [2.24, 2.45) is 0 Å². The van der Waals surface area contributed by atoms with Crippen molar-refractivity contribution in [1.82, 2.24) is 0 Å². The van der Waals surface area contributed by atoms with E-state index in [1.807, 2.05) is 0 Å². The monoisotopic (exact) mass is 348 g/mol. The predicted molar refractivity (Wildman–Crippen MR) is 81.2 cm³/mol. The summed E-state index contributed by atoms with van der Waals surface area (Å²) in [4.78, 5) is 10.0. The Balaban J connectivity index is 0.00000242. The van der Waals surface area contributed by atoms with E-state index in [1.165, 1.54) is 18.2 Å². The molecular formula is C14H14NaO5PS. The number of aromatic hydroxyl groups is 1. The van der Waals surface area contributed by atoms with Crippen molar-refractivity contribution in [3.05, 3.63) is 47.5 Å². The predicted octanol–water partition coefficient (Wildman–Crippen LogP) is -0.239. The summed E-state index contributed by atoms with van der Waals surface area (Å²) in [6.07, 6.45) is 0. The van der Waals surface area contributed by atoms with Crippen LogP contribution in [0.1, 0.15) is 11.1 Å². The summed E-state index contributed by atoms with van der Waals surface area (Å²) in [5, 5.41) is 21.1. The van der Waals surface area contributed by atoms with Gasteiger partial charge in [0.1, 0.15) is 5.75 Å². The molecule has 2 aromatic rings. The smallest absolute Gasteiger partial charge is 0.872 e. The molecular weight excluding hydrogens is 334 g/mol. The van der Waals surface area contributed by atoms with Gasteiger partial charge < -0.3 is 31.5 Å². The second-order valence-corrected chi connectivity index (χ2v) is 7.21. The fraction of sp³-hybridized carbons (Fsp3) is 0.143. The van der Waals surface area contributed by atoms with Crippen LogP contribution in [0.3, 0.4) is 0 Å². The average molecular weight is 348 g/mol. The average Bonchev–Trinajstić information content (AvgIpc) is 2.37. The van der Waals surface area contributed by atoms with Gasteiger partial charge in [0.15, 0.2) is 11.5 Å². The first kappa shape index (κ1) is 19.4. The summed E-state index contributed by atoms with van der Waals surface area (Å²) >= 11 is 4.90. The van der Waals surface area contributed by atoms with E-state index < -0.39 is 7.15 Å². The minimum Gasteiger partial charge on any atom is -0.872 e. The van der Waals surface area contributed by atoms with E-state index in [1.54, 1.807) is 32.0 Å². The van der Waals surface area contributed by atoms with Gasteiger partial charge in [0.25, 0.3) is 0 Å². The van der Waals surface area contributed by atoms with Crippen LogP contribution in [-0.2, 0) is 12.2 Å². The molecule has 0 fully saturated rings. The Morgan fingerprint density at radius 3 is 2.00 bits per heavy atom. The third kappa shape index (κ3) is 5.23. The van der Waals surface area contributed by atoms with E-state index >= 15 is 0 Å². The molecule has 1 unspecified atom stereocenters. The molecule has 5 nitrogen and oxygen atoms in total. The minimum atomic E-state index is -3.62. The quantitative estimate of drug-likeness (QED) is 0.451. The van der Waals surface area contributed by atoms with Crippen LogP contribution in [0, 0.1) is 13.8 Å². The molecule has 0 saturated heterocycles. The SMILES string of the molecule is Cc1ccc(O[P+](O)([S-])Oc2ccc(C)c(O)c2)cc1[O-].[Na+]. The van der Waals surface area contributed by atoms with Crippen LogP contribution in [-0.4, -0.2) is 10.00 Å². The second-order valence-electron chi connectivity index (χ2n) is 4.53. The zero-order valence-electron chi connectivity index (χ0n) is 12.4. The fourth-order valence-corrected chi connectivity index (χ4v) is 2.88. The van der Waals surface area contributed by atoms with Crippen LogP contribution < -0.4 is 43.7 Å². The van der Waals surface area contributed by atoms with E-state index in [9.17, 15) is 15.1 Å². The standard InChI is InChI=1S/C14H15O5PS.Na/c1-9-3-5-11(7-13(9)15)18-20(17,21)19-12-6-4-10(2)14(16)8-12;/h3-8,15-16H,1-2H3,(H,17,21);/q;+1/p-1. The van der Waals surface area contributed by atoms with Crippen LogP contribution in [0.15, 0.2) is 36.4 Å². The molecule has 0 aliphatic heterocycles. The molecule has 0 amide bonds. The zero-order valence-corrected chi connectivity index (χ0v) is 16.1. The Bertz CT molecular complexity index is 610. The van der Waals surface area contributed by atoms with Gasteiger partial charge >= 0.3 is 36.7 Å². The molecule has 112 valence electrons. The molecule has 0 bridgehead atoms. The van der Waals surface area contributed by atoms with Crippen molar-refractivity contribution >= 4 is 19.4 Å². The number of benzene rings is 2. The maximum absolute atomic E-state index is 11.5. The van der Waals surface area contributed by atoms with Crippen molar-refractivity contribution in [2.75, 3.05) is 0 Å². The van der Waals surface area contributed by atoms with Crippen molar-refractivity contribution in [1.29, 1.82) is 0 Å². The molecule has 0 aliphatic carbocycles. The summed E-state index contributed by atoms with van der Waals surface area (Å²) in [6.45, 7) is 3.40. The maximum atomic E-state index is 11.5. The Hall–Kier alpha value is -0.620. The molecule has 2 N–H and O–H groups in total. The minimum absolute atomic E-state index is 0. The molecule has 2 aromatic carbocycles. The fourth-order valence-electron chi connectivity index (χ4n) is 1.57. The third-order valence-electron chi connectivity index (χ3n) is 2.78. The van der Waals surface area contributed by atoms with Gasteiger partial charge in [-0.2, -0.15) is 4.89 Å². The largest absolute Gasteiger partial charge is 1.00 e. The Kier molecular flexibility index (Phi) is 6.86. The first-order chi connectivity index (χ1) is 9.77. The van der Waals surface area contributed by atoms with Crippen LogP contribution >= 0.6 is 7.15 Å².